The first-order valence-corrected chi connectivity index (χ1v) is 11.5. The number of aromatic nitrogens is 6. The number of piperidine rings is 1. The molecule has 0 spiro atoms. The Morgan fingerprint density at radius 2 is 1.94 bits per heavy atom. The lowest BCUT2D eigenvalue weighted by atomic mass is 9.92. The van der Waals surface area contributed by atoms with Crippen LogP contribution in [0.2, 0.25) is 0 Å². The average Bonchev–Trinajstić information content (AvgIpc) is 3.48. The third-order valence-electron chi connectivity index (χ3n) is 6.84. The number of nitrogens with two attached hydrogens (primary N) is 1. The van der Waals surface area contributed by atoms with E-state index in [0.29, 0.717) is 18.9 Å². The van der Waals surface area contributed by atoms with E-state index in [9.17, 15) is 19.0 Å². The number of hydrogen-bond donors (Lipinski definition) is 3. The van der Waals surface area contributed by atoms with Crippen LogP contribution in [0.1, 0.15) is 38.4 Å². The smallest absolute Gasteiger partial charge is 0.223 e. The number of nitrogens with zero attached hydrogens (tertiary/aromatic N) is 7. The number of fused-ring (bicyclic) bond motifs is 3. The van der Waals surface area contributed by atoms with Crippen LogP contribution in [0.4, 0.5) is 20.4 Å². The molecule has 0 aliphatic carbocycles. The Morgan fingerprint density at radius 3 is 2.69 bits per heavy atom. The van der Waals surface area contributed by atoms with Crippen LogP contribution in [0.15, 0.2) is 24.5 Å². The van der Waals surface area contributed by atoms with Gasteiger partial charge >= 0.3 is 0 Å². The minimum Gasteiger partial charge on any atom is -0.396 e. The molecule has 5 rings (SSSR count). The maximum atomic E-state index is 14.3. The molecule has 1 saturated heterocycles. The number of aliphatic hydroxyl groups is 2. The van der Waals surface area contributed by atoms with Crippen LogP contribution in [0.25, 0.3) is 16.6 Å². The lowest BCUT2D eigenvalue weighted by Gasteiger charge is -2.37. The van der Waals surface area contributed by atoms with Crippen molar-refractivity contribution in [3.05, 3.63) is 42.0 Å². The quantitative estimate of drug-likeness (QED) is 0.378. The van der Waals surface area contributed by atoms with E-state index in [1.165, 1.54) is 10.6 Å². The molecule has 10 nitrogen and oxygen atoms in total. The first-order chi connectivity index (χ1) is 16.7. The Hall–Kier alpha value is -3.38. The summed E-state index contributed by atoms with van der Waals surface area (Å²) in [6.45, 7) is 4.63. The fraction of sp³-hybridized carbons (Fsp3) is 0.478. The number of hydrogen-bond acceptors (Lipinski definition) is 8. The lowest BCUT2D eigenvalue weighted by molar-refractivity contribution is 0.0524. The number of anilines is 2. The van der Waals surface area contributed by atoms with Gasteiger partial charge in [0.25, 0.3) is 0 Å². The monoisotopic (exact) mass is 486 g/mol. The summed E-state index contributed by atoms with van der Waals surface area (Å²) >= 11 is 0. The van der Waals surface area contributed by atoms with Crippen molar-refractivity contribution in [1.82, 2.24) is 29.4 Å². The van der Waals surface area contributed by atoms with E-state index in [4.69, 9.17) is 5.73 Å². The summed E-state index contributed by atoms with van der Waals surface area (Å²) in [5, 5.41) is 28.4. The van der Waals surface area contributed by atoms with Crippen LogP contribution in [0, 0.1) is 17.0 Å². The van der Waals surface area contributed by atoms with Crippen molar-refractivity contribution in [2.45, 2.75) is 45.2 Å². The van der Waals surface area contributed by atoms with Gasteiger partial charge in [-0.1, -0.05) is 6.92 Å². The van der Waals surface area contributed by atoms with Gasteiger partial charge in [0.2, 0.25) is 5.95 Å². The molecule has 1 aliphatic heterocycles. The standard InChI is InChI=1S/C23H28F2N8O2/c1-13-3-4-14(8-32(13)16-7-27-31(9-16)10-23(2,11-34)12-35)20-29-21-17-5-15(24)6-18(25)19(17)28-22(26)33(21)30-20/h5-7,9,13-14,34-35H,3-4,8,10-12H2,1-2H3,(H2,26,28)/t13-,14+/m1/s1. The van der Waals surface area contributed by atoms with Crippen molar-refractivity contribution in [3.8, 4) is 0 Å². The maximum Gasteiger partial charge on any atom is 0.223 e. The van der Waals surface area contributed by atoms with Crippen LogP contribution in [0.3, 0.4) is 0 Å². The summed E-state index contributed by atoms with van der Waals surface area (Å²) in [4.78, 5) is 10.9. The number of aliphatic hydroxyl groups excluding tert-OH is 2. The fourth-order valence-electron chi connectivity index (χ4n) is 4.65. The second kappa shape index (κ2) is 8.68. The summed E-state index contributed by atoms with van der Waals surface area (Å²) in [6, 6.07) is 2.21. The molecular formula is C23H28F2N8O2. The molecule has 12 heteroatoms. The molecule has 0 bridgehead atoms. The Kier molecular flexibility index (Phi) is 5.80. The maximum absolute atomic E-state index is 14.3. The van der Waals surface area contributed by atoms with E-state index in [1.54, 1.807) is 17.8 Å². The Labute approximate surface area is 200 Å². The van der Waals surface area contributed by atoms with Gasteiger partial charge in [-0.3, -0.25) is 4.68 Å². The van der Waals surface area contributed by atoms with Gasteiger partial charge in [-0.05, 0) is 25.8 Å². The molecule has 0 radical (unpaired) electrons. The SMILES string of the molecule is C[C@@H]1CC[C@H](c2nc3c4cc(F)cc(F)c4nc(N)n3n2)CN1c1cnn(CC(C)(CO)CO)c1. The minimum absolute atomic E-state index is 0.0186. The molecule has 0 unspecified atom stereocenters. The normalized spacial score (nSPS) is 19.2. The van der Waals surface area contributed by atoms with Crippen molar-refractivity contribution in [2.24, 2.45) is 5.41 Å². The summed E-state index contributed by atoms with van der Waals surface area (Å²) in [5.74, 6) is -1.04. The highest BCUT2D eigenvalue weighted by molar-refractivity contribution is 5.92. The fourth-order valence-corrected chi connectivity index (χ4v) is 4.65. The Bertz CT molecular complexity index is 1380. The molecule has 1 aromatic carbocycles. The molecule has 4 N–H and O–H groups in total. The lowest BCUT2D eigenvalue weighted by Crippen LogP contribution is -2.41. The van der Waals surface area contributed by atoms with Gasteiger partial charge in [0.1, 0.15) is 11.3 Å². The van der Waals surface area contributed by atoms with Crippen molar-refractivity contribution in [1.29, 1.82) is 0 Å². The second-order valence-electron chi connectivity index (χ2n) is 9.76. The zero-order valence-corrected chi connectivity index (χ0v) is 19.6. The molecule has 35 heavy (non-hydrogen) atoms. The molecule has 4 heterocycles. The third kappa shape index (κ3) is 4.16. The van der Waals surface area contributed by atoms with Crippen LogP contribution >= 0.6 is 0 Å². The summed E-state index contributed by atoms with van der Waals surface area (Å²) < 4.78 is 31.3. The minimum atomic E-state index is -0.799. The molecular weight excluding hydrogens is 458 g/mol. The average molecular weight is 487 g/mol. The molecule has 0 amide bonds. The molecule has 4 aromatic rings. The Morgan fingerprint density at radius 1 is 1.17 bits per heavy atom. The summed E-state index contributed by atoms with van der Waals surface area (Å²) in [7, 11) is 0. The zero-order valence-electron chi connectivity index (χ0n) is 19.6. The van der Waals surface area contributed by atoms with Crippen molar-refractivity contribution >= 4 is 28.2 Å². The molecule has 2 atom stereocenters. The zero-order chi connectivity index (χ0) is 24.9. The van der Waals surface area contributed by atoms with Gasteiger partial charge in [0.05, 0.1) is 37.0 Å². The summed E-state index contributed by atoms with van der Waals surface area (Å²) in [5.41, 5.74) is 6.49. The van der Waals surface area contributed by atoms with E-state index in [2.05, 4.69) is 32.0 Å². The van der Waals surface area contributed by atoms with Crippen LogP contribution in [-0.2, 0) is 6.54 Å². The first kappa shape index (κ1) is 23.4. The van der Waals surface area contributed by atoms with Gasteiger partial charge < -0.3 is 20.8 Å². The van der Waals surface area contributed by atoms with Gasteiger partial charge in [-0.15, -0.1) is 5.10 Å². The largest absolute Gasteiger partial charge is 0.396 e. The predicted molar refractivity (Wildman–Crippen MR) is 126 cm³/mol. The highest BCUT2D eigenvalue weighted by Crippen LogP contribution is 2.33. The molecule has 1 aliphatic rings. The third-order valence-corrected chi connectivity index (χ3v) is 6.84. The number of nitrogen functional groups attached to an aromatic ring is 1. The van der Waals surface area contributed by atoms with Crippen LogP contribution in [-0.4, -0.2) is 65.4 Å². The van der Waals surface area contributed by atoms with Crippen LogP contribution in [0.5, 0.6) is 0 Å². The number of benzene rings is 1. The van der Waals surface area contributed by atoms with Gasteiger partial charge in [-0.25, -0.2) is 18.7 Å². The second-order valence-corrected chi connectivity index (χ2v) is 9.76. The highest BCUT2D eigenvalue weighted by atomic mass is 19.1. The van der Waals surface area contributed by atoms with E-state index in [1.807, 2.05) is 6.20 Å². The number of halogens is 2. The van der Waals surface area contributed by atoms with Gasteiger partial charge in [0, 0.05) is 36.2 Å². The van der Waals surface area contributed by atoms with Crippen LogP contribution < -0.4 is 10.6 Å². The van der Waals surface area contributed by atoms with Crippen molar-refractivity contribution in [2.75, 3.05) is 30.4 Å². The first-order valence-electron chi connectivity index (χ1n) is 11.5. The van der Waals surface area contributed by atoms with Gasteiger partial charge in [-0.2, -0.15) is 9.61 Å². The molecule has 1 fully saturated rings. The van der Waals surface area contributed by atoms with Crippen molar-refractivity contribution < 1.29 is 19.0 Å². The molecule has 0 saturated carbocycles. The van der Waals surface area contributed by atoms with E-state index >= 15 is 0 Å². The van der Waals surface area contributed by atoms with E-state index in [0.717, 1.165) is 24.6 Å². The summed E-state index contributed by atoms with van der Waals surface area (Å²) in [6.07, 6.45) is 5.39. The van der Waals surface area contributed by atoms with Crippen molar-refractivity contribution in [3.63, 3.8) is 0 Å². The van der Waals surface area contributed by atoms with E-state index < -0.39 is 17.0 Å². The van der Waals surface area contributed by atoms with Gasteiger partial charge in [0.15, 0.2) is 17.3 Å². The number of rotatable bonds is 6. The highest BCUT2D eigenvalue weighted by Gasteiger charge is 2.31. The van der Waals surface area contributed by atoms with E-state index in [-0.39, 0.29) is 47.7 Å². The molecule has 3 aromatic heterocycles. The topological polar surface area (TPSA) is 131 Å². The Balaban J connectivity index is 1.45. The predicted octanol–water partition coefficient (Wildman–Crippen LogP) is 2.10. The molecule has 186 valence electrons.